The summed E-state index contributed by atoms with van der Waals surface area (Å²) in [6, 6.07) is 9.78. The summed E-state index contributed by atoms with van der Waals surface area (Å²) in [7, 11) is -3.66. The summed E-state index contributed by atoms with van der Waals surface area (Å²) < 4.78 is 22.6. The SMILES string of the molecule is NS(=O)(=O)C1CC(=O)N(Cc2cc3ccccc3[nH]2)C1. The predicted molar refractivity (Wildman–Crippen MR) is 75.2 cm³/mol. The second-order valence-corrected chi connectivity index (χ2v) is 6.92. The Balaban J connectivity index is 1.79. The van der Waals surface area contributed by atoms with Crippen LogP contribution in [0, 0.1) is 0 Å². The van der Waals surface area contributed by atoms with Crippen LogP contribution in [0.2, 0.25) is 0 Å². The van der Waals surface area contributed by atoms with E-state index in [1.807, 2.05) is 30.3 Å². The minimum Gasteiger partial charge on any atom is -0.357 e. The third kappa shape index (κ3) is 2.41. The monoisotopic (exact) mass is 293 g/mol. The molecule has 1 aliphatic heterocycles. The summed E-state index contributed by atoms with van der Waals surface area (Å²) in [6.07, 6.45) is -0.0287. The van der Waals surface area contributed by atoms with E-state index in [4.69, 9.17) is 5.14 Å². The molecule has 20 heavy (non-hydrogen) atoms. The van der Waals surface area contributed by atoms with E-state index in [0.29, 0.717) is 6.54 Å². The van der Waals surface area contributed by atoms with Crippen LogP contribution in [0.4, 0.5) is 0 Å². The van der Waals surface area contributed by atoms with E-state index in [2.05, 4.69) is 4.98 Å². The normalized spacial score (nSPS) is 19.9. The van der Waals surface area contributed by atoms with Crippen molar-refractivity contribution in [1.29, 1.82) is 0 Å². The number of nitrogens with one attached hydrogen (secondary N) is 1. The van der Waals surface area contributed by atoms with Crippen LogP contribution in [-0.4, -0.2) is 36.0 Å². The zero-order valence-electron chi connectivity index (χ0n) is 10.7. The van der Waals surface area contributed by atoms with Crippen molar-refractivity contribution in [3.8, 4) is 0 Å². The average Bonchev–Trinajstić information content (AvgIpc) is 2.93. The Labute approximate surface area is 116 Å². The van der Waals surface area contributed by atoms with E-state index < -0.39 is 15.3 Å². The van der Waals surface area contributed by atoms with Gasteiger partial charge >= 0.3 is 0 Å². The number of likely N-dealkylation sites (tertiary alicyclic amines) is 1. The number of carbonyl (C=O) groups is 1. The number of amides is 1. The molecule has 0 aliphatic carbocycles. The van der Waals surface area contributed by atoms with Gasteiger partial charge in [0.1, 0.15) is 5.25 Å². The van der Waals surface area contributed by atoms with E-state index >= 15 is 0 Å². The Kier molecular flexibility index (Phi) is 3.02. The summed E-state index contributed by atoms with van der Waals surface area (Å²) in [5, 5.41) is 5.38. The molecule has 1 amide bonds. The molecule has 1 aromatic heterocycles. The highest BCUT2D eigenvalue weighted by Gasteiger charge is 2.36. The minimum absolute atomic E-state index is 0.0287. The molecule has 0 saturated carbocycles. The molecule has 3 rings (SSSR count). The standard InChI is InChI=1S/C13H15N3O3S/c14-20(18,19)11-6-13(17)16(8-11)7-10-5-9-3-1-2-4-12(9)15-10/h1-5,11,15H,6-8H2,(H2,14,18,19). The number of hydrogen-bond acceptors (Lipinski definition) is 3. The Morgan fingerprint density at radius 1 is 1.35 bits per heavy atom. The molecule has 0 bridgehead atoms. The second kappa shape index (κ2) is 4.60. The third-order valence-corrected chi connectivity index (χ3v) is 4.84. The van der Waals surface area contributed by atoms with Crippen molar-refractivity contribution in [3.63, 3.8) is 0 Å². The Bertz CT molecular complexity index is 733. The molecule has 1 aliphatic rings. The summed E-state index contributed by atoms with van der Waals surface area (Å²) >= 11 is 0. The highest BCUT2D eigenvalue weighted by atomic mass is 32.2. The van der Waals surface area contributed by atoms with Gasteiger partial charge in [-0.2, -0.15) is 0 Å². The number of aromatic nitrogens is 1. The lowest BCUT2D eigenvalue weighted by atomic mass is 10.2. The van der Waals surface area contributed by atoms with Gasteiger partial charge in [-0.05, 0) is 17.5 Å². The van der Waals surface area contributed by atoms with Gasteiger partial charge in [0.25, 0.3) is 0 Å². The smallest absolute Gasteiger partial charge is 0.224 e. The number of carbonyl (C=O) groups excluding carboxylic acids is 1. The van der Waals surface area contributed by atoms with Gasteiger partial charge in [0.05, 0.1) is 6.54 Å². The van der Waals surface area contributed by atoms with Crippen LogP contribution in [0.5, 0.6) is 0 Å². The molecule has 1 fully saturated rings. The summed E-state index contributed by atoms with van der Waals surface area (Å²) in [4.78, 5) is 16.6. The Hall–Kier alpha value is -1.86. The Morgan fingerprint density at radius 3 is 2.75 bits per heavy atom. The van der Waals surface area contributed by atoms with Gasteiger partial charge < -0.3 is 9.88 Å². The van der Waals surface area contributed by atoms with Gasteiger partial charge in [-0.15, -0.1) is 0 Å². The second-order valence-electron chi connectivity index (χ2n) is 5.07. The fourth-order valence-corrected chi connectivity index (χ4v) is 3.30. The largest absolute Gasteiger partial charge is 0.357 e. The molecule has 1 unspecified atom stereocenters. The number of sulfonamides is 1. The minimum atomic E-state index is -3.66. The molecule has 2 aromatic rings. The molecule has 0 radical (unpaired) electrons. The third-order valence-electron chi connectivity index (χ3n) is 3.59. The first-order valence-electron chi connectivity index (χ1n) is 6.29. The lowest BCUT2D eigenvalue weighted by Gasteiger charge is -2.14. The highest BCUT2D eigenvalue weighted by Crippen LogP contribution is 2.21. The van der Waals surface area contributed by atoms with Crippen molar-refractivity contribution in [3.05, 3.63) is 36.0 Å². The fourth-order valence-electron chi connectivity index (χ4n) is 2.53. The maximum absolute atomic E-state index is 11.8. The molecule has 6 nitrogen and oxygen atoms in total. The molecule has 2 heterocycles. The molecule has 7 heteroatoms. The number of nitrogens with two attached hydrogens (primary N) is 1. The number of rotatable bonds is 3. The van der Waals surface area contributed by atoms with Gasteiger partial charge in [-0.1, -0.05) is 18.2 Å². The van der Waals surface area contributed by atoms with Crippen molar-refractivity contribution in [2.45, 2.75) is 18.2 Å². The van der Waals surface area contributed by atoms with Crippen molar-refractivity contribution >= 4 is 26.8 Å². The molecule has 0 spiro atoms. The molecule has 1 saturated heterocycles. The maximum atomic E-state index is 11.8. The molecule has 1 atom stereocenters. The number of primary sulfonamides is 1. The molecular formula is C13H15N3O3S. The molecule has 106 valence electrons. The topological polar surface area (TPSA) is 96.3 Å². The number of para-hydroxylation sites is 1. The molecular weight excluding hydrogens is 278 g/mol. The average molecular weight is 293 g/mol. The highest BCUT2D eigenvalue weighted by molar-refractivity contribution is 7.89. The van der Waals surface area contributed by atoms with Crippen LogP contribution in [0.15, 0.2) is 30.3 Å². The summed E-state index contributed by atoms with van der Waals surface area (Å²) in [5.41, 5.74) is 1.88. The van der Waals surface area contributed by atoms with Crippen molar-refractivity contribution in [1.82, 2.24) is 9.88 Å². The van der Waals surface area contributed by atoms with Crippen LogP contribution in [-0.2, 0) is 21.4 Å². The number of benzene rings is 1. The zero-order chi connectivity index (χ0) is 14.3. The van der Waals surface area contributed by atoms with Gasteiger partial charge in [-0.25, -0.2) is 13.6 Å². The van der Waals surface area contributed by atoms with Crippen LogP contribution in [0.1, 0.15) is 12.1 Å². The summed E-state index contributed by atoms with van der Waals surface area (Å²) in [6.45, 7) is 0.534. The van der Waals surface area contributed by atoms with Crippen molar-refractivity contribution in [2.24, 2.45) is 5.14 Å². The number of nitrogens with zero attached hydrogens (tertiary/aromatic N) is 1. The van der Waals surface area contributed by atoms with Gasteiger partial charge in [0.15, 0.2) is 0 Å². The van der Waals surface area contributed by atoms with Crippen molar-refractivity contribution in [2.75, 3.05) is 6.54 Å². The maximum Gasteiger partial charge on any atom is 0.224 e. The first-order chi connectivity index (χ1) is 9.43. The fraction of sp³-hybridized carbons (Fsp3) is 0.308. The van der Waals surface area contributed by atoms with Gasteiger partial charge in [-0.3, -0.25) is 4.79 Å². The van der Waals surface area contributed by atoms with E-state index in [1.165, 1.54) is 4.90 Å². The molecule has 3 N–H and O–H groups in total. The summed E-state index contributed by atoms with van der Waals surface area (Å²) in [5.74, 6) is -0.178. The van der Waals surface area contributed by atoms with Crippen LogP contribution in [0.25, 0.3) is 10.9 Å². The van der Waals surface area contributed by atoms with Crippen LogP contribution in [0.3, 0.4) is 0 Å². The van der Waals surface area contributed by atoms with Gasteiger partial charge in [0.2, 0.25) is 15.9 Å². The number of H-pyrrole nitrogens is 1. The van der Waals surface area contributed by atoms with E-state index in [-0.39, 0.29) is 18.9 Å². The first-order valence-corrected chi connectivity index (χ1v) is 7.90. The van der Waals surface area contributed by atoms with Crippen molar-refractivity contribution < 1.29 is 13.2 Å². The Morgan fingerprint density at radius 2 is 2.10 bits per heavy atom. The predicted octanol–water partition coefficient (Wildman–Crippen LogP) is 0.557. The number of fused-ring (bicyclic) bond motifs is 1. The van der Waals surface area contributed by atoms with Crippen LogP contribution < -0.4 is 5.14 Å². The van der Waals surface area contributed by atoms with Crippen LogP contribution >= 0.6 is 0 Å². The molecule has 1 aromatic carbocycles. The van der Waals surface area contributed by atoms with E-state index in [1.54, 1.807) is 0 Å². The number of hydrogen-bond donors (Lipinski definition) is 2. The van der Waals surface area contributed by atoms with E-state index in [9.17, 15) is 13.2 Å². The van der Waals surface area contributed by atoms with E-state index in [0.717, 1.165) is 16.6 Å². The van der Waals surface area contributed by atoms with Gasteiger partial charge in [0, 0.05) is 24.2 Å². The lowest BCUT2D eigenvalue weighted by Crippen LogP contribution is -2.31. The lowest BCUT2D eigenvalue weighted by molar-refractivity contribution is -0.128. The first kappa shape index (κ1) is 13.1. The quantitative estimate of drug-likeness (QED) is 0.865. The number of aromatic amines is 1. The zero-order valence-corrected chi connectivity index (χ0v) is 11.6.